The SMILES string of the molecule is Cc1cc(C)c(-c2ccc(NC(=O)Cc3ccc(C4=CCC(F)(F)CC4)cc3)cc2)c(C)c1. The van der Waals surface area contributed by atoms with Crippen LogP contribution in [0.3, 0.4) is 0 Å². The van der Waals surface area contributed by atoms with E-state index in [0.29, 0.717) is 6.42 Å². The van der Waals surface area contributed by atoms with Crippen molar-refractivity contribution in [1.29, 1.82) is 0 Å². The van der Waals surface area contributed by atoms with E-state index in [1.54, 1.807) is 6.08 Å². The summed E-state index contributed by atoms with van der Waals surface area (Å²) in [5.74, 6) is -2.67. The average molecular weight is 446 g/mol. The smallest absolute Gasteiger partial charge is 0.251 e. The number of aryl methyl sites for hydroxylation is 3. The van der Waals surface area contributed by atoms with Crippen molar-refractivity contribution < 1.29 is 13.6 Å². The molecule has 170 valence electrons. The number of halogens is 2. The van der Waals surface area contributed by atoms with Gasteiger partial charge in [0, 0.05) is 18.5 Å². The summed E-state index contributed by atoms with van der Waals surface area (Å²) in [6.45, 7) is 6.34. The average Bonchev–Trinajstić information content (AvgIpc) is 2.75. The van der Waals surface area contributed by atoms with Gasteiger partial charge in [-0.3, -0.25) is 4.79 Å². The Kier molecular flexibility index (Phi) is 6.46. The van der Waals surface area contributed by atoms with Crippen LogP contribution in [0, 0.1) is 20.8 Å². The Labute approximate surface area is 194 Å². The molecular weight excluding hydrogens is 416 g/mol. The first-order chi connectivity index (χ1) is 15.7. The van der Waals surface area contributed by atoms with Gasteiger partial charge in [0.25, 0.3) is 5.92 Å². The van der Waals surface area contributed by atoms with Gasteiger partial charge in [-0.05, 0) is 78.3 Å². The highest BCUT2D eigenvalue weighted by atomic mass is 19.3. The number of allylic oxidation sites excluding steroid dienone is 2. The first-order valence-electron chi connectivity index (χ1n) is 11.3. The molecule has 0 bridgehead atoms. The van der Waals surface area contributed by atoms with Gasteiger partial charge in [0.15, 0.2) is 0 Å². The Balaban J connectivity index is 1.38. The van der Waals surface area contributed by atoms with Crippen LogP contribution in [0.1, 0.15) is 47.1 Å². The number of anilines is 1. The molecule has 0 spiro atoms. The summed E-state index contributed by atoms with van der Waals surface area (Å²) >= 11 is 0. The van der Waals surface area contributed by atoms with Crippen LogP contribution in [0.5, 0.6) is 0 Å². The van der Waals surface area contributed by atoms with Gasteiger partial charge >= 0.3 is 0 Å². The molecule has 1 aliphatic rings. The van der Waals surface area contributed by atoms with Crippen LogP contribution in [0.4, 0.5) is 14.5 Å². The number of amides is 1. The quantitative estimate of drug-likeness (QED) is 0.429. The van der Waals surface area contributed by atoms with Crippen molar-refractivity contribution in [3.63, 3.8) is 0 Å². The Morgan fingerprint density at radius 3 is 2.09 bits per heavy atom. The van der Waals surface area contributed by atoms with E-state index in [1.165, 1.54) is 22.3 Å². The van der Waals surface area contributed by atoms with Crippen molar-refractivity contribution in [3.8, 4) is 11.1 Å². The van der Waals surface area contributed by atoms with Gasteiger partial charge in [-0.25, -0.2) is 8.78 Å². The minimum absolute atomic E-state index is 0.0882. The van der Waals surface area contributed by atoms with E-state index in [9.17, 15) is 13.6 Å². The van der Waals surface area contributed by atoms with Crippen molar-refractivity contribution in [2.75, 3.05) is 5.32 Å². The number of rotatable bonds is 5. The molecule has 0 aliphatic heterocycles. The zero-order chi connectivity index (χ0) is 23.6. The number of benzene rings is 3. The summed E-state index contributed by atoms with van der Waals surface area (Å²) in [7, 11) is 0. The lowest BCUT2D eigenvalue weighted by Gasteiger charge is -2.21. The molecule has 0 aromatic heterocycles. The third kappa shape index (κ3) is 5.57. The molecule has 1 N–H and O–H groups in total. The summed E-state index contributed by atoms with van der Waals surface area (Å²) in [4.78, 5) is 12.5. The molecule has 33 heavy (non-hydrogen) atoms. The van der Waals surface area contributed by atoms with Crippen LogP contribution in [-0.2, 0) is 11.2 Å². The molecule has 0 unspecified atom stereocenters. The van der Waals surface area contributed by atoms with Crippen molar-refractivity contribution in [2.24, 2.45) is 0 Å². The first kappa shape index (κ1) is 22.9. The van der Waals surface area contributed by atoms with Crippen LogP contribution in [-0.4, -0.2) is 11.8 Å². The number of nitrogens with one attached hydrogen (secondary N) is 1. The van der Waals surface area contributed by atoms with Crippen LogP contribution < -0.4 is 5.32 Å². The minimum Gasteiger partial charge on any atom is -0.326 e. The monoisotopic (exact) mass is 445 g/mol. The molecule has 0 radical (unpaired) electrons. The molecule has 0 saturated heterocycles. The maximum atomic E-state index is 13.3. The molecule has 0 saturated carbocycles. The third-order valence-electron chi connectivity index (χ3n) is 6.23. The molecule has 0 atom stereocenters. The first-order valence-corrected chi connectivity index (χ1v) is 11.3. The lowest BCUT2D eigenvalue weighted by atomic mass is 9.91. The Bertz CT molecular complexity index is 1170. The van der Waals surface area contributed by atoms with E-state index in [2.05, 4.69) is 38.2 Å². The Morgan fingerprint density at radius 2 is 1.52 bits per heavy atom. The van der Waals surface area contributed by atoms with Crippen molar-refractivity contribution in [1.82, 2.24) is 0 Å². The highest BCUT2D eigenvalue weighted by Gasteiger charge is 2.30. The standard InChI is InChI=1S/C29H29F2NO/c1-19-16-20(2)28(21(3)17-19)25-8-10-26(11-9-25)32-27(33)18-22-4-6-23(7-5-22)24-12-14-29(30,31)15-13-24/h4-12,16-17H,13-15,18H2,1-3H3,(H,32,33). The normalized spacial score (nSPS) is 15.1. The van der Waals surface area contributed by atoms with Gasteiger partial charge in [-0.1, -0.05) is 60.2 Å². The van der Waals surface area contributed by atoms with E-state index >= 15 is 0 Å². The fraction of sp³-hybridized carbons (Fsp3) is 0.276. The minimum atomic E-state index is -2.59. The number of hydrogen-bond donors (Lipinski definition) is 1. The van der Waals surface area contributed by atoms with E-state index in [1.807, 2.05) is 48.5 Å². The van der Waals surface area contributed by atoms with E-state index in [4.69, 9.17) is 0 Å². The highest BCUT2D eigenvalue weighted by molar-refractivity contribution is 5.92. The maximum Gasteiger partial charge on any atom is 0.251 e. The molecule has 1 aliphatic carbocycles. The summed E-state index contributed by atoms with van der Waals surface area (Å²) < 4.78 is 26.7. The van der Waals surface area contributed by atoms with E-state index in [0.717, 1.165) is 28.0 Å². The molecule has 4 heteroatoms. The second kappa shape index (κ2) is 9.30. The lowest BCUT2D eigenvalue weighted by Crippen LogP contribution is -2.18. The summed E-state index contributed by atoms with van der Waals surface area (Å²) in [5, 5.41) is 2.96. The van der Waals surface area contributed by atoms with Crippen LogP contribution in [0.15, 0.2) is 66.7 Å². The lowest BCUT2D eigenvalue weighted by molar-refractivity contribution is -0.115. The topological polar surface area (TPSA) is 29.1 Å². The third-order valence-corrected chi connectivity index (χ3v) is 6.23. The molecule has 3 aromatic carbocycles. The summed E-state index contributed by atoms with van der Waals surface area (Å²) in [6.07, 6.45) is 1.97. The largest absolute Gasteiger partial charge is 0.326 e. The molecule has 1 amide bonds. The van der Waals surface area contributed by atoms with Gasteiger partial charge in [0.2, 0.25) is 5.91 Å². The second-order valence-electron chi connectivity index (χ2n) is 9.06. The Morgan fingerprint density at radius 1 is 0.909 bits per heavy atom. The van der Waals surface area contributed by atoms with E-state index in [-0.39, 0.29) is 25.2 Å². The van der Waals surface area contributed by atoms with Crippen molar-refractivity contribution >= 4 is 17.2 Å². The van der Waals surface area contributed by atoms with Crippen LogP contribution >= 0.6 is 0 Å². The van der Waals surface area contributed by atoms with E-state index < -0.39 is 5.92 Å². The molecule has 0 fully saturated rings. The van der Waals surface area contributed by atoms with Crippen molar-refractivity contribution in [3.05, 3.63) is 94.6 Å². The molecule has 4 rings (SSSR count). The van der Waals surface area contributed by atoms with Gasteiger partial charge in [0.05, 0.1) is 6.42 Å². The van der Waals surface area contributed by atoms with Crippen LogP contribution in [0.2, 0.25) is 0 Å². The van der Waals surface area contributed by atoms with Gasteiger partial charge in [-0.15, -0.1) is 0 Å². The predicted molar refractivity (Wildman–Crippen MR) is 132 cm³/mol. The van der Waals surface area contributed by atoms with Gasteiger partial charge in [0.1, 0.15) is 0 Å². The fourth-order valence-electron chi connectivity index (χ4n) is 4.64. The van der Waals surface area contributed by atoms with Gasteiger partial charge in [-0.2, -0.15) is 0 Å². The summed E-state index contributed by atoms with van der Waals surface area (Å²) in [6, 6.07) is 19.9. The molecule has 0 heterocycles. The van der Waals surface area contributed by atoms with Crippen LogP contribution in [0.25, 0.3) is 16.7 Å². The zero-order valence-corrected chi connectivity index (χ0v) is 19.3. The number of hydrogen-bond acceptors (Lipinski definition) is 1. The zero-order valence-electron chi connectivity index (χ0n) is 19.3. The Hall–Kier alpha value is -3.27. The molecular formula is C29H29F2NO. The molecule has 3 aromatic rings. The van der Waals surface area contributed by atoms with Crippen molar-refractivity contribution in [2.45, 2.75) is 52.4 Å². The second-order valence-corrected chi connectivity index (χ2v) is 9.06. The maximum absolute atomic E-state index is 13.3. The predicted octanol–water partition coefficient (Wildman–Crippen LogP) is 7.66. The fourth-order valence-corrected chi connectivity index (χ4v) is 4.64. The van der Waals surface area contributed by atoms with Gasteiger partial charge < -0.3 is 5.32 Å². The number of alkyl halides is 2. The summed E-state index contributed by atoms with van der Waals surface area (Å²) in [5.41, 5.74) is 9.65. The number of carbonyl (C=O) groups excluding carboxylic acids is 1. The molecule has 2 nitrogen and oxygen atoms in total. The number of carbonyl (C=O) groups is 1. The highest BCUT2D eigenvalue weighted by Crippen LogP contribution is 2.36.